The van der Waals surface area contributed by atoms with Gasteiger partial charge in [0.05, 0.1) is 0 Å². The van der Waals surface area contributed by atoms with Gasteiger partial charge in [0.2, 0.25) is 0 Å². The molecule has 0 spiro atoms. The fourth-order valence-corrected chi connectivity index (χ4v) is 3.36. The minimum Gasteiger partial charge on any atom is -0.311 e. The molecule has 2 fully saturated rings. The molecule has 0 aromatic heterocycles. The molecule has 1 N–H and O–H groups in total. The second-order valence-corrected chi connectivity index (χ2v) is 6.30. The van der Waals surface area contributed by atoms with E-state index in [0.29, 0.717) is 0 Å². The summed E-state index contributed by atoms with van der Waals surface area (Å²) in [7, 11) is 0. The minimum absolute atomic E-state index is 0.721. The Morgan fingerprint density at radius 2 is 2.12 bits per heavy atom. The summed E-state index contributed by atoms with van der Waals surface area (Å²) in [5.74, 6) is 1.83. The van der Waals surface area contributed by atoms with E-state index in [-0.39, 0.29) is 0 Å². The number of rotatable bonds is 5. The van der Waals surface area contributed by atoms with E-state index in [4.69, 9.17) is 0 Å². The summed E-state index contributed by atoms with van der Waals surface area (Å²) in [4.78, 5) is 2.80. The highest BCUT2D eigenvalue weighted by Gasteiger charge is 2.44. The third-order valence-corrected chi connectivity index (χ3v) is 4.95. The minimum atomic E-state index is 0.721. The highest BCUT2D eigenvalue weighted by molar-refractivity contribution is 5.00. The highest BCUT2D eigenvalue weighted by atomic mass is 15.3. The zero-order chi connectivity index (χ0) is 12.4. The maximum atomic E-state index is 3.74. The van der Waals surface area contributed by atoms with Gasteiger partial charge >= 0.3 is 0 Å². The maximum Gasteiger partial charge on any atom is 0.0221 e. The molecule has 5 unspecified atom stereocenters. The molecule has 5 atom stereocenters. The number of hydrogen-bond donors (Lipinski definition) is 1. The average Bonchev–Trinajstić information content (AvgIpc) is 3.08. The summed E-state index contributed by atoms with van der Waals surface area (Å²) in [5, 5.41) is 3.74. The first-order chi connectivity index (χ1) is 8.17. The molecule has 2 nitrogen and oxygen atoms in total. The lowest BCUT2D eigenvalue weighted by atomic mass is 9.95. The van der Waals surface area contributed by atoms with Crippen LogP contribution in [0.25, 0.3) is 0 Å². The van der Waals surface area contributed by atoms with Crippen molar-refractivity contribution in [3.63, 3.8) is 0 Å². The Morgan fingerprint density at radius 3 is 2.76 bits per heavy atom. The van der Waals surface area contributed by atoms with Crippen molar-refractivity contribution in [1.82, 2.24) is 10.2 Å². The Bertz CT molecular complexity index is 241. The Kier molecular flexibility index (Phi) is 4.48. The van der Waals surface area contributed by atoms with Crippen LogP contribution in [0.4, 0.5) is 0 Å². The highest BCUT2D eigenvalue weighted by Crippen LogP contribution is 2.41. The van der Waals surface area contributed by atoms with Gasteiger partial charge in [-0.2, -0.15) is 0 Å². The molecule has 2 rings (SSSR count). The average molecular weight is 238 g/mol. The summed E-state index contributed by atoms with van der Waals surface area (Å²) < 4.78 is 0. The second-order valence-electron chi connectivity index (χ2n) is 6.30. The molecule has 0 radical (unpaired) electrons. The first-order valence-corrected chi connectivity index (χ1v) is 7.66. The van der Waals surface area contributed by atoms with E-state index >= 15 is 0 Å². The molecule has 0 aromatic rings. The van der Waals surface area contributed by atoms with Gasteiger partial charge in [-0.15, -0.1) is 0 Å². The van der Waals surface area contributed by atoms with Crippen LogP contribution in [0, 0.1) is 11.8 Å². The molecular formula is C15H30N2. The number of piperazine rings is 1. The molecule has 1 aliphatic carbocycles. The fourth-order valence-electron chi connectivity index (χ4n) is 3.36. The molecule has 1 heterocycles. The first kappa shape index (κ1) is 13.4. The summed E-state index contributed by atoms with van der Waals surface area (Å²) in [6.45, 7) is 11.9. The normalized spacial score (nSPS) is 40.2. The molecule has 100 valence electrons. The van der Waals surface area contributed by atoms with Crippen molar-refractivity contribution >= 4 is 0 Å². The van der Waals surface area contributed by atoms with Crippen LogP contribution in [0.3, 0.4) is 0 Å². The van der Waals surface area contributed by atoms with E-state index in [1.54, 1.807) is 0 Å². The molecule has 2 heteroatoms. The van der Waals surface area contributed by atoms with Crippen LogP contribution >= 0.6 is 0 Å². The maximum absolute atomic E-state index is 3.74. The van der Waals surface area contributed by atoms with E-state index < -0.39 is 0 Å². The Hall–Kier alpha value is -0.0800. The second kappa shape index (κ2) is 5.71. The third kappa shape index (κ3) is 3.03. The van der Waals surface area contributed by atoms with Crippen molar-refractivity contribution < 1.29 is 0 Å². The lowest BCUT2D eigenvalue weighted by Crippen LogP contribution is -2.58. The zero-order valence-corrected chi connectivity index (χ0v) is 12.1. The van der Waals surface area contributed by atoms with E-state index in [1.807, 2.05) is 0 Å². The predicted molar refractivity (Wildman–Crippen MR) is 74.2 cm³/mol. The molecule has 0 aromatic carbocycles. The largest absolute Gasteiger partial charge is 0.311 e. The van der Waals surface area contributed by atoms with Gasteiger partial charge in [0.25, 0.3) is 0 Å². The van der Waals surface area contributed by atoms with Gasteiger partial charge < -0.3 is 5.32 Å². The van der Waals surface area contributed by atoms with Crippen molar-refractivity contribution in [3.8, 4) is 0 Å². The van der Waals surface area contributed by atoms with Gasteiger partial charge in [-0.3, -0.25) is 4.90 Å². The topological polar surface area (TPSA) is 15.3 Å². The van der Waals surface area contributed by atoms with Crippen molar-refractivity contribution in [2.45, 2.75) is 71.5 Å². The Balaban J connectivity index is 1.88. The fraction of sp³-hybridized carbons (Fsp3) is 1.00. The summed E-state index contributed by atoms with van der Waals surface area (Å²) in [6, 6.07) is 2.37. The number of nitrogens with one attached hydrogen (secondary N) is 1. The Morgan fingerprint density at radius 1 is 1.35 bits per heavy atom. The monoisotopic (exact) mass is 238 g/mol. The van der Waals surface area contributed by atoms with Gasteiger partial charge in [-0.05, 0) is 31.6 Å². The Labute approximate surface area is 107 Å². The van der Waals surface area contributed by atoms with E-state index in [1.165, 1.54) is 38.8 Å². The van der Waals surface area contributed by atoms with Gasteiger partial charge in [-0.25, -0.2) is 0 Å². The van der Waals surface area contributed by atoms with Crippen LogP contribution < -0.4 is 5.32 Å². The standard InChI is InChI=1S/C15H30N2/c1-5-7-13-8-15(13)17-10-14(11(3)6-2)16-9-12(17)4/h11-16H,5-10H2,1-4H3. The van der Waals surface area contributed by atoms with Gasteiger partial charge in [0.15, 0.2) is 0 Å². The van der Waals surface area contributed by atoms with Crippen LogP contribution in [-0.2, 0) is 0 Å². The van der Waals surface area contributed by atoms with Crippen LogP contribution in [0.5, 0.6) is 0 Å². The molecule has 17 heavy (non-hydrogen) atoms. The molecular weight excluding hydrogens is 208 g/mol. The van der Waals surface area contributed by atoms with Crippen molar-refractivity contribution in [3.05, 3.63) is 0 Å². The van der Waals surface area contributed by atoms with E-state index in [2.05, 4.69) is 37.9 Å². The zero-order valence-electron chi connectivity index (χ0n) is 12.1. The molecule has 1 saturated heterocycles. The van der Waals surface area contributed by atoms with Gasteiger partial charge in [0.1, 0.15) is 0 Å². The lowest BCUT2D eigenvalue weighted by molar-refractivity contribution is 0.105. The molecule has 0 amide bonds. The van der Waals surface area contributed by atoms with Gasteiger partial charge in [0, 0.05) is 31.2 Å². The molecule has 1 aliphatic heterocycles. The van der Waals surface area contributed by atoms with Gasteiger partial charge in [-0.1, -0.05) is 33.6 Å². The number of hydrogen-bond acceptors (Lipinski definition) is 2. The third-order valence-electron chi connectivity index (χ3n) is 4.95. The first-order valence-electron chi connectivity index (χ1n) is 7.66. The van der Waals surface area contributed by atoms with E-state index in [9.17, 15) is 0 Å². The van der Waals surface area contributed by atoms with Crippen LogP contribution in [-0.4, -0.2) is 36.1 Å². The lowest BCUT2D eigenvalue weighted by Gasteiger charge is -2.41. The van der Waals surface area contributed by atoms with Crippen molar-refractivity contribution in [2.75, 3.05) is 13.1 Å². The van der Waals surface area contributed by atoms with Crippen LogP contribution in [0.1, 0.15) is 53.4 Å². The number of nitrogens with zero attached hydrogens (tertiary/aromatic N) is 1. The van der Waals surface area contributed by atoms with Crippen molar-refractivity contribution in [2.24, 2.45) is 11.8 Å². The smallest absolute Gasteiger partial charge is 0.0221 e. The molecule has 2 aliphatic rings. The van der Waals surface area contributed by atoms with Crippen LogP contribution in [0.15, 0.2) is 0 Å². The summed E-state index contributed by atoms with van der Waals surface area (Å²) >= 11 is 0. The molecule has 0 bridgehead atoms. The molecule has 1 saturated carbocycles. The van der Waals surface area contributed by atoms with Crippen LogP contribution in [0.2, 0.25) is 0 Å². The summed E-state index contributed by atoms with van der Waals surface area (Å²) in [6.07, 6.45) is 5.56. The van der Waals surface area contributed by atoms with Crippen molar-refractivity contribution in [1.29, 1.82) is 0 Å². The van der Waals surface area contributed by atoms with E-state index in [0.717, 1.165) is 30.0 Å². The quantitative estimate of drug-likeness (QED) is 0.792. The summed E-state index contributed by atoms with van der Waals surface area (Å²) in [5.41, 5.74) is 0. The SMILES string of the molecule is CCCC1CC1N1CC(C(C)CC)NCC1C. The predicted octanol–water partition coefficient (Wildman–Crippen LogP) is 2.88.